The van der Waals surface area contributed by atoms with Gasteiger partial charge in [0.05, 0.1) is 0 Å². The molecule has 0 rings (SSSR count). The van der Waals surface area contributed by atoms with Crippen LogP contribution >= 0.6 is 0 Å². The number of hydrogen-bond donors (Lipinski definition) is 0. The fourth-order valence-corrected chi connectivity index (χ4v) is 0.232. The molecule has 0 N–H and O–H groups in total. The molecular weight excluding hydrogens is 91.0 g/mol. The monoisotopic (exact) mass is 98.1 g/mol. The Morgan fingerprint density at radius 2 is 2.12 bits per heavy atom. The predicted octanol–water partition coefficient (Wildman–Crippen LogP) is -1.62. The summed E-state index contributed by atoms with van der Waals surface area (Å²) in [5, 5.41) is 0. The zero-order chi connectivity index (χ0) is 5.54. The molecule has 0 fully saturated rings. The first-order valence-corrected chi connectivity index (χ1v) is 2.31. The zero-order valence-corrected chi connectivity index (χ0v) is 5.41. The predicted molar refractivity (Wildman–Crippen MR) is 29.8 cm³/mol. The molecule has 0 nitrogen and oxygen atoms in total. The van der Waals surface area contributed by atoms with Gasteiger partial charge in [0.2, 0.25) is 0 Å². The van der Waals surface area contributed by atoms with E-state index in [0.717, 1.165) is 12.8 Å². The van der Waals surface area contributed by atoms with Gasteiger partial charge in [0.15, 0.2) is 0 Å². The minimum atomic E-state index is 0. The smallest absolute Gasteiger partial charge is 0.358 e. The van der Waals surface area contributed by atoms with Crippen LogP contribution in [0.3, 0.4) is 0 Å². The molecule has 0 heterocycles. The van der Waals surface area contributed by atoms with Gasteiger partial charge in [-0.25, -0.2) is 5.92 Å². The second kappa shape index (κ2) is 9.87. The Morgan fingerprint density at radius 3 is 2.50 bits per heavy atom. The van der Waals surface area contributed by atoms with Crippen LogP contribution in [0.25, 0.3) is 0 Å². The Labute approximate surface area is 63.2 Å². The number of hydrogen-bond acceptors (Lipinski definition) is 0. The summed E-state index contributed by atoms with van der Waals surface area (Å²) in [5.74, 6) is 7.14. The Kier molecular flexibility index (Phi) is 13.1. The molecule has 0 radical (unpaired) electrons. The van der Waals surface area contributed by atoms with Crippen molar-refractivity contribution in [2.75, 3.05) is 0 Å². The van der Waals surface area contributed by atoms with E-state index < -0.39 is 0 Å². The molecule has 0 amide bonds. The fraction of sp³-hybridized carbons (Fsp3) is 0.429. The van der Waals surface area contributed by atoms with Crippen molar-refractivity contribution in [3.05, 3.63) is 6.42 Å². The normalized spacial score (nSPS) is 5.00. The van der Waals surface area contributed by atoms with Gasteiger partial charge in [-0.05, 0) is 12.8 Å². The quantitative estimate of drug-likeness (QED) is 0.210. The van der Waals surface area contributed by atoms with Crippen molar-refractivity contribution in [3.8, 4) is 17.8 Å². The fourth-order valence-electron chi connectivity index (χ4n) is 0.232. The van der Waals surface area contributed by atoms with Crippen LogP contribution in [0.2, 0.25) is 0 Å². The van der Waals surface area contributed by atoms with E-state index in [2.05, 4.69) is 18.8 Å². The molecule has 0 saturated carbocycles. The van der Waals surface area contributed by atoms with E-state index >= 15 is 0 Å². The van der Waals surface area contributed by atoms with Gasteiger partial charge in [-0.2, -0.15) is 0 Å². The molecule has 0 aromatic heterocycles. The summed E-state index contributed by atoms with van der Waals surface area (Å²) in [6, 6.07) is 0. The van der Waals surface area contributed by atoms with E-state index in [0.29, 0.717) is 0 Å². The Hall–Kier alpha value is -0.283. The molecular formula is C7H7Li. The summed E-state index contributed by atoms with van der Waals surface area (Å²) in [7, 11) is 0. The Balaban J connectivity index is 0. The van der Waals surface area contributed by atoms with Gasteiger partial charge in [-0.1, -0.05) is 6.92 Å². The topological polar surface area (TPSA) is 0 Å². The third-order valence-corrected chi connectivity index (χ3v) is 0.526. The van der Waals surface area contributed by atoms with Crippen molar-refractivity contribution in [2.45, 2.75) is 19.8 Å². The van der Waals surface area contributed by atoms with Crippen LogP contribution in [-0.2, 0) is 0 Å². The SMILES string of the molecule is [C-]#CC#CCCC.[Li+]. The third kappa shape index (κ3) is 9.21. The largest absolute Gasteiger partial charge is 1.00 e. The molecule has 1 heteroatoms. The molecule has 0 aliphatic rings. The molecule has 8 heavy (non-hydrogen) atoms. The molecule has 0 aromatic rings. The molecule has 0 aromatic carbocycles. The van der Waals surface area contributed by atoms with Crippen molar-refractivity contribution in [2.24, 2.45) is 0 Å². The van der Waals surface area contributed by atoms with Crippen LogP contribution in [-0.4, -0.2) is 0 Å². The third-order valence-electron chi connectivity index (χ3n) is 0.526. The van der Waals surface area contributed by atoms with Gasteiger partial charge in [0.25, 0.3) is 0 Å². The number of unbranched alkanes of at least 4 members (excludes halogenated alkanes) is 1. The average molecular weight is 98.1 g/mol. The standard InChI is InChI=1S/C7H7.Li/c1-3-5-7-6-4-2;/h3,5H2,1H3;/q-1;+1. The van der Waals surface area contributed by atoms with E-state index in [1.165, 1.54) is 0 Å². The Morgan fingerprint density at radius 1 is 1.50 bits per heavy atom. The van der Waals surface area contributed by atoms with Crippen molar-refractivity contribution in [1.29, 1.82) is 0 Å². The van der Waals surface area contributed by atoms with Crippen molar-refractivity contribution >= 4 is 0 Å². The van der Waals surface area contributed by atoms with Gasteiger partial charge >= 0.3 is 18.9 Å². The van der Waals surface area contributed by atoms with Gasteiger partial charge < -0.3 is 6.42 Å². The van der Waals surface area contributed by atoms with Crippen LogP contribution < -0.4 is 18.9 Å². The second-order valence-electron chi connectivity index (χ2n) is 1.18. The molecule has 0 saturated heterocycles. The first-order valence-electron chi connectivity index (χ1n) is 2.31. The summed E-state index contributed by atoms with van der Waals surface area (Å²) in [6.45, 7) is 2.05. The van der Waals surface area contributed by atoms with Crippen LogP contribution in [0, 0.1) is 24.2 Å². The van der Waals surface area contributed by atoms with Crippen molar-refractivity contribution in [1.82, 2.24) is 0 Å². The summed E-state index contributed by atoms with van der Waals surface area (Å²) in [4.78, 5) is 0. The molecule has 36 valence electrons. The van der Waals surface area contributed by atoms with Crippen LogP contribution in [0.1, 0.15) is 19.8 Å². The van der Waals surface area contributed by atoms with Gasteiger partial charge in [0.1, 0.15) is 0 Å². The summed E-state index contributed by atoms with van der Waals surface area (Å²) in [6.07, 6.45) is 8.30. The molecule has 0 aliphatic carbocycles. The maximum Gasteiger partial charge on any atom is 1.00 e. The van der Waals surface area contributed by atoms with E-state index in [-0.39, 0.29) is 18.9 Å². The first kappa shape index (κ1) is 10.7. The first-order chi connectivity index (χ1) is 3.41. The van der Waals surface area contributed by atoms with Gasteiger partial charge in [-0.3, -0.25) is 11.8 Å². The van der Waals surface area contributed by atoms with E-state index in [4.69, 9.17) is 6.42 Å². The summed E-state index contributed by atoms with van der Waals surface area (Å²) in [5.41, 5.74) is 0. The minimum Gasteiger partial charge on any atom is -0.358 e. The maximum absolute atomic E-state index is 6.36. The van der Waals surface area contributed by atoms with Crippen LogP contribution in [0.4, 0.5) is 0 Å². The summed E-state index contributed by atoms with van der Waals surface area (Å²) < 4.78 is 0. The molecule has 0 spiro atoms. The van der Waals surface area contributed by atoms with E-state index in [1.807, 2.05) is 5.92 Å². The molecule has 0 atom stereocenters. The Bertz CT molecular complexity index is 120. The minimum absolute atomic E-state index is 0. The average Bonchev–Trinajstić information content (AvgIpc) is 1.69. The van der Waals surface area contributed by atoms with E-state index in [9.17, 15) is 0 Å². The maximum atomic E-state index is 6.36. The van der Waals surface area contributed by atoms with Crippen molar-refractivity contribution < 1.29 is 18.9 Å². The molecule has 0 unspecified atom stereocenters. The van der Waals surface area contributed by atoms with Crippen molar-refractivity contribution in [3.63, 3.8) is 0 Å². The molecule has 0 bridgehead atoms. The van der Waals surface area contributed by atoms with Crippen LogP contribution in [0.5, 0.6) is 0 Å². The van der Waals surface area contributed by atoms with Crippen LogP contribution in [0.15, 0.2) is 0 Å². The van der Waals surface area contributed by atoms with E-state index in [1.54, 1.807) is 0 Å². The summed E-state index contributed by atoms with van der Waals surface area (Å²) >= 11 is 0. The van der Waals surface area contributed by atoms with Gasteiger partial charge in [-0.15, -0.1) is 0 Å². The second-order valence-corrected chi connectivity index (χ2v) is 1.18. The zero-order valence-electron chi connectivity index (χ0n) is 5.41. The molecule has 0 aliphatic heterocycles. The number of rotatable bonds is 1. The van der Waals surface area contributed by atoms with Gasteiger partial charge in [0, 0.05) is 0 Å².